The largest absolute Gasteiger partial charge is 0.356 e. The first kappa shape index (κ1) is 11.8. The molecule has 3 unspecified atom stereocenters. The molecular formula is C11H18BrNOS. The second-order valence-electron chi connectivity index (χ2n) is 4.58. The van der Waals surface area contributed by atoms with Crippen molar-refractivity contribution < 1.29 is 4.79 Å². The first-order valence-electron chi connectivity index (χ1n) is 5.75. The van der Waals surface area contributed by atoms with Crippen LogP contribution in [0.1, 0.15) is 25.7 Å². The molecule has 2 nitrogen and oxygen atoms in total. The summed E-state index contributed by atoms with van der Waals surface area (Å²) in [5, 5.41) is 3.11. The van der Waals surface area contributed by atoms with E-state index in [1.807, 2.05) is 11.8 Å². The summed E-state index contributed by atoms with van der Waals surface area (Å²) in [7, 11) is 0. The van der Waals surface area contributed by atoms with Gasteiger partial charge in [0.2, 0.25) is 5.91 Å². The summed E-state index contributed by atoms with van der Waals surface area (Å²) in [6.07, 6.45) is 4.82. The van der Waals surface area contributed by atoms with Gasteiger partial charge >= 0.3 is 0 Å². The lowest BCUT2D eigenvalue weighted by molar-refractivity contribution is -0.124. The Morgan fingerprint density at radius 3 is 2.87 bits per heavy atom. The molecule has 86 valence electrons. The monoisotopic (exact) mass is 291 g/mol. The molecule has 2 rings (SSSR count). The van der Waals surface area contributed by atoms with Crippen molar-refractivity contribution in [3.05, 3.63) is 0 Å². The van der Waals surface area contributed by atoms with Crippen LogP contribution in [0.3, 0.4) is 0 Å². The number of hydrogen-bond donors (Lipinski definition) is 1. The van der Waals surface area contributed by atoms with E-state index in [-0.39, 0.29) is 11.8 Å². The molecule has 0 radical (unpaired) electrons. The minimum atomic E-state index is 0.288. The Morgan fingerprint density at radius 1 is 1.40 bits per heavy atom. The van der Waals surface area contributed by atoms with Crippen molar-refractivity contribution in [3.8, 4) is 0 Å². The second-order valence-corrected chi connectivity index (χ2v) is 7.03. The van der Waals surface area contributed by atoms with E-state index in [2.05, 4.69) is 21.2 Å². The lowest BCUT2D eigenvalue weighted by Crippen LogP contribution is -2.34. The Labute approximate surface area is 104 Å². The normalized spacial score (nSPS) is 35.7. The van der Waals surface area contributed by atoms with Crippen molar-refractivity contribution in [1.29, 1.82) is 0 Å². The molecule has 1 heterocycles. The predicted octanol–water partition coefficient (Wildman–Crippen LogP) is 2.42. The van der Waals surface area contributed by atoms with Crippen LogP contribution in [0.2, 0.25) is 0 Å². The molecule has 0 aromatic rings. The van der Waals surface area contributed by atoms with Crippen LogP contribution < -0.4 is 5.32 Å². The third kappa shape index (κ3) is 3.38. The van der Waals surface area contributed by atoms with Gasteiger partial charge in [-0.25, -0.2) is 0 Å². The van der Waals surface area contributed by atoms with Crippen molar-refractivity contribution in [3.63, 3.8) is 0 Å². The molecule has 1 N–H and O–H groups in total. The molecule has 2 fully saturated rings. The van der Waals surface area contributed by atoms with E-state index in [1.54, 1.807) is 0 Å². The maximum absolute atomic E-state index is 11.7. The molecule has 1 saturated carbocycles. The molecule has 15 heavy (non-hydrogen) atoms. The van der Waals surface area contributed by atoms with Crippen molar-refractivity contribution in [1.82, 2.24) is 5.32 Å². The van der Waals surface area contributed by atoms with Crippen molar-refractivity contribution in [2.45, 2.75) is 30.5 Å². The summed E-state index contributed by atoms with van der Waals surface area (Å²) in [5.41, 5.74) is 0. The van der Waals surface area contributed by atoms with Gasteiger partial charge in [0.1, 0.15) is 0 Å². The van der Waals surface area contributed by atoms with Gasteiger partial charge in [-0.15, -0.1) is 0 Å². The highest BCUT2D eigenvalue weighted by atomic mass is 79.9. The fourth-order valence-electron chi connectivity index (χ4n) is 2.33. The van der Waals surface area contributed by atoms with Crippen molar-refractivity contribution in [2.24, 2.45) is 11.8 Å². The summed E-state index contributed by atoms with van der Waals surface area (Å²) in [4.78, 5) is 12.4. The van der Waals surface area contributed by atoms with Gasteiger partial charge in [0, 0.05) is 23.0 Å². The van der Waals surface area contributed by atoms with Gasteiger partial charge in [-0.2, -0.15) is 11.8 Å². The van der Waals surface area contributed by atoms with Gasteiger partial charge in [0.15, 0.2) is 0 Å². The lowest BCUT2D eigenvalue weighted by atomic mass is 10.1. The van der Waals surface area contributed by atoms with Crippen LogP contribution in [0.5, 0.6) is 0 Å². The third-order valence-electron chi connectivity index (χ3n) is 3.34. The van der Waals surface area contributed by atoms with E-state index in [9.17, 15) is 4.79 Å². The summed E-state index contributed by atoms with van der Waals surface area (Å²) in [6.45, 7) is 0.891. The topological polar surface area (TPSA) is 29.1 Å². The Morgan fingerprint density at radius 2 is 2.27 bits per heavy atom. The molecule has 1 amide bonds. The maximum Gasteiger partial charge on any atom is 0.223 e. The molecule has 3 atom stereocenters. The Hall–Kier alpha value is 0.300. The van der Waals surface area contributed by atoms with Gasteiger partial charge in [0.05, 0.1) is 0 Å². The number of halogens is 1. The van der Waals surface area contributed by atoms with Crippen molar-refractivity contribution in [2.75, 3.05) is 18.1 Å². The summed E-state index contributed by atoms with van der Waals surface area (Å²) in [6, 6.07) is 0. The van der Waals surface area contributed by atoms with Gasteiger partial charge in [0.25, 0.3) is 0 Å². The van der Waals surface area contributed by atoms with Gasteiger partial charge < -0.3 is 5.32 Å². The van der Waals surface area contributed by atoms with Crippen LogP contribution >= 0.6 is 27.7 Å². The summed E-state index contributed by atoms with van der Waals surface area (Å²) >= 11 is 5.54. The molecule has 0 spiro atoms. The summed E-state index contributed by atoms with van der Waals surface area (Å²) in [5.74, 6) is 3.46. The first-order chi connectivity index (χ1) is 7.25. The van der Waals surface area contributed by atoms with E-state index in [0.29, 0.717) is 10.7 Å². The number of alkyl halides is 1. The Bertz CT molecular complexity index is 231. The number of carbonyl (C=O) groups excluding carboxylic acids is 1. The number of carbonyl (C=O) groups is 1. The third-order valence-corrected chi connectivity index (χ3v) is 5.34. The zero-order valence-corrected chi connectivity index (χ0v) is 11.3. The molecule has 1 aliphatic heterocycles. The van der Waals surface area contributed by atoms with Crippen LogP contribution in [0.25, 0.3) is 0 Å². The Kier molecular flexibility index (Phi) is 4.38. The van der Waals surface area contributed by atoms with Crippen LogP contribution in [0.15, 0.2) is 0 Å². The van der Waals surface area contributed by atoms with E-state index < -0.39 is 0 Å². The molecule has 0 aromatic carbocycles. The van der Waals surface area contributed by atoms with Crippen LogP contribution in [0, 0.1) is 11.8 Å². The first-order valence-corrected chi connectivity index (χ1v) is 7.82. The number of hydrogen-bond acceptors (Lipinski definition) is 2. The number of thioether (sulfide) groups is 1. The molecule has 2 aliphatic rings. The average molecular weight is 292 g/mol. The van der Waals surface area contributed by atoms with E-state index in [0.717, 1.165) is 24.5 Å². The highest BCUT2D eigenvalue weighted by Crippen LogP contribution is 2.30. The quantitative estimate of drug-likeness (QED) is 0.809. The molecule has 1 aliphatic carbocycles. The van der Waals surface area contributed by atoms with E-state index in [1.165, 1.54) is 19.3 Å². The molecule has 4 heteroatoms. The molecule has 1 saturated heterocycles. The van der Waals surface area contributed by atoms with Crippen LogP contribution in [-0.4, -0.2) is 28.8 Å². The molecule has 0 bridgehead atoms. The van der Waals surface area contributed by atoms with Crippen molar-refractivity contribution >= 4 is 33.6 Å². The SMILES string of the molecule is O=C(NCC1CCC(Br)C1)C1CCSC1. The second kappa shape index (κ2) is 5.58. The van der Waals surface area contributed by atoms with Gasteiger partial charge in [-0.3, -0.25) is 4.79 Å². The summed E-state index contributed by atoms with van der Waals surface area (Å²) < 4.78 is 0. The average Bonchev–Trinajstić information content (AvgIpc) is 2.84. The highest BCUT2D eigenvalue weighted by molar-refractivity contribution is 9.09. The number of rotatable bonds is 3. The molecular weight excluding hydrogens is 274 g/mol. The lowest BCUT2D eigenvalue weighted by Gasteiger charge is -2.13. The van der Waals surface area contributed by atoms with Crippen LogP contribution in [0.4, 0.5) is 0 Å². The number of nitrogens with one attached hydrogen (secondary N) is 1. The van der Waals surface area contributed by atoms with Crippen LogP contribution in [-0.2, 0) is 4.79 Å². The van der Waals surface area contributed by atoms with E-state index in [4.69, 9.17) is 0 Å². The molecule has 0 aromatic heterocycles. The maximum atomic E-state index is 11.7. The predicted molar refractivity (Wildman–Crippen MR) is 68.5 cm³/mol. The Balaban J connectivity index is 1.66. The van der Waals surface area contributed by atoms with Gasteiger partial charge in [-0.05, 0) is 37.4 Å². The minimum Gasteiger partial charge on any atom is -0.356 e. The minimum absolute atomic E-state index is 0.288. The standard InChI is InChI=1S/C11H18BrNOS/c12-10-2-1-8(5-10)6-13-11(14)9-3-4-15-7-9/h8-10H,1-7H2,(H,13,14). The zero-order valence-electron chi connectivity index (χ0n) is 8.88. The van der Waals surface area contributed by atoms with Gasteiger partial charge in [-0.1, -0.05) is 15.9 Å². The zero-order chi connectivity index (χ0) is 10.7. The van der Waals surface area contributed by atoms with E-state index >= 15 is 0 Å². The highest BCUT2D eigenvalue weighted by Gasteiger charge is 2.26. The fraction of sp³-hybridized carbons (Fsp3) is 0.909. The number of amides is 1. The smallest absolute Gasteiger partial charge is 0.223 e. The fourth-order valence-corrected chi connectivity index (χ4v) is 4.34.